The smallest absolute Gasteiger partial charge is 0.330 e. The highest BCUT2D eigenvalue weighted by atomic mass is 35.5. The first-order valence-electron chi connectivity index (χ1n) is 7.04. The van der Waals surface area contributed by atoms with E-state index in [1.165, 1.54) is 18.8 Å². The molecule has 0 aliphatic carbocycles. The summed E-state index contributed by atoms with van der Waals surface area (Å²) in [6, 6.07) is -0.594. The highest BCUT2D eigenvalue weighted by Gasteiger charge is 2.30. The molecule has 0 aromatic heterocycles. The molecule has 0 bridgehead atoms. The number of carbonyl (C=O) groups is 1. The molecular weight excluding hydrogens is 438 g/mol. The van der Waals surface area contributed by atoms with Gasteiger partial charge in [0.25, 0.3) is 10.0 Å². The van der Waals surface area contributed by atoms with Crippen LogP contribution in [0.1, 0.15) is 0 Å². The fourth-order valence-electron chi connectivity index (χ4n) is 2.03. The van der Waals surface area contributed by atoms with Crippen LogP contribution in [0.4, 0.5) is 31.1 Å². The molecule has 0 atom stereocenters. The number of hydrogen-bond donors (Lipinski definition) is 1. The van der Waals surface area contributed by atoms with Crippen LogP contribution in [0.5, 0.6) is 0 Å². The zero-order chi connectivity index (χ0) is 21.5. The summed E-state index contributed by atoms with van der Waals surface area (Å²) in [7, 11) is -2.40. The maximum absolute atomic E-state index is 14.2. The second kappa shape index (κ2) is 7.51. The molecule has 0 saturated carbocycles. The summed E-state index contributed by atoms with van der Waals surface area (Å²) < 4.78 is 108. The predicted octanol–water partition coefficient (Wildman–Crippen LogP) is 3.80. The van der Waals surface area contributed by atoms with Crippen molar-refractivity contribution in [1.82, 2.24) is 9.62 Å². The molecule has 28 heavy (non-hydrogen) atoms. The van der Waals surface area contributed by atoms with E-state index < -0.39 is 72.0 Å². The summed E-state index contributed by atoms with van der Waals surface area (Å²) >= 11 is 5.62. The Balaban J connectivity index is 2.78. The van der Waals surface area contributed by atoms with E-state index in [1.807, 2.05) is 0 Å². The van der Waals surface area contributed by atoms with Gasteiger partial charge >= 0.3 is 6.03 Å². The minimum atomic E-state index is -4.78. The Kier molecular flexibility index (Phi) is 5.85. The van der Waals surface area contributed by atoms with Crippen LogP contribution in [0.2, 0.25) is 5.02 Å². The van der Waals surface area contributed by atoms with Gasteiger partial charge < -0.3 is 4.90 Å². The van der Waals surface area contributed by atoms with Gasteiger partial charge in [0.2, 0.25) is 5.82 Å². The van der Waals surface area contributed by atoms with Gasteiger partial charge in [-0.15, -0.1) is 0 Å². The molecule has 2 aromatic rings. The lowest BCUT2D eigenvalue weighted by molar-refractivity contribution is 0.223. The van der Waals surface area contributed by atoms with E-state index in [2.05, 4.69) is 0 Å². The molecule has 0 fully saturated rings. The fraction of sp³-hybridized carbons (Fsp3) is 0.133. The van der Waals surface area contributed by atoms with Gasteiger partial charge in [-0.25, -0.2) is 44.3 Å². The minimum absolute atomic E-state index is 0.251. The van der Waals surface area contributed by atoms with Crippen LogP contribution >= 0.6 is 11.6 Å². The second-order valence-corrected chi connectivity index (χ2v) is 7.57. The van der Waals surface area contributed by atoms with Gasteiger partial charge in [0.05, 0.1) is 10.6 Å². The number of sulfonamides is 1. The summed E-state index contributed by atoms with van der Waals surface area (Å²) in [5.74, 6) is -13.5. The van der Waals surface area contributed by atoms with Gasteiger partial charge in [-0.05, 0) is 12.1 Å². The van der Waals surface area contributed by atoms with Crippen molar-refractivity contribution < 1.29 is 39.6 Å². The number of hydrogen-bond acceptors (Lipinski definition) is 3. The normalized spacial score (nSPS) is 11.5. The van der Waals surface area contributed by atoms with Crippen LogP contribution in [0.25, 0.3) is 11.1 Å². The number of nitrogens with one attached hydrogen (secondary N) is 1. The molecule has 5 nitrogen and oxygen atoms in total. The van der Waals surface area contributed by atoms with E-state index in [1.54, 1.807) is 0 Å². The Morgan fingerprint density at radius 2 is 1.39 bits per heavy atom. The largest absolute Gasteiger partial charge is 0.330 e. The lowest BCUT2D eigenvalue weighted by Crippen LogP contribution is -2.38. The van der Waals surface area contributed by atoms with Crippen LogP contribution in [0, 0.1) is 34.9 Å². The summed E-state index contributed by atoms with van der Waals surface area (Å²) in [6.45, 7) is 0. The van der Waals surface area contributed by atoms with Gasteiger partial charge in [-0.1, -0.05) is 11.6 Å². The first-order chi connectivity index (χ1) is 12.8. The van der Waals surface area contributed by atoms with Crippen molar-refractivity contribution in [1.29, 1.82) is 0 Å². The standard InChI is InChI=1S/C15H9ClF6N2O3S/c1-24(2)15(25)23-28(26,27)8-3-5(7(17)4-6(8)16)9-10(18)12(20)14(22)13(21)11(9)19/h3-4H,1-2H3,(H,23,25). The molecule has 13 heteroatoms. The van der Waals surface area contributed by atoms with Crippen LogP contribution < -0.4 is 4.72 Å². The Morgan fingerprint density at radius 1 is 0.929 bits per heavy atom. The zero-order valence-electron chi connectivity index (χ0n) is 13.9. The van der Waals surface area contributed by atoms with Crippen LogP contribution in [0.3, 0.4) is 0 Å². The maximum Gasteiger partial charge on any atom is 0.330 e. The van der Waals surface area contributed by atoms with E-state index in [0.717, 1.165) is 4.90 Å². The van der Waals surface area contributed by atoms with E-state index >= 15 is 0 Å². The van der Waals surface area contributed by atoms with Crippen LogP contribution in [-0.2, 0) is 10.0 Å². The van der Waals surface area contributed by atoms with Gasteiger partial charge in [-0.2, -0.15) is 0 Å². The SMILES string of the molecule is CN(C)C(=O)NS(=O)(=O)c1cc(-c2c(F)c(F)c(F)c(F)c2F)c(F)cc1Cl. The van der Waals surface area contributed by atoms with E-state index in [4.69, 9.17) is 11.6 Å². The predicted molar refractivity (Wildman–Crippen MR) is 86.0 cm³/mol. The van der Waals surface area contributed by atoms with Crippen LogP contribution in [-0.4, -0.2) is 33.4 Å². The molecule has 2 amide bonds. The molecule has 0 radical (unpaired) electrons. The lowest BCUT2D eigenvalue weighted by Gasteiger charge is -2.15. The van der Waals surface area contributed by atoms with Gasteiger partial charge in [-0.3, -0.25) is 0 Å². The van der Waals surface area contributed by atoms with Gasteiger partial charge in [0.1, 0.15) is 10.7 Å². The first-order valence-corrected chi connectivity index (χ1v) is 8.90. The maximum atomic E-state index is 14.2. The van der Waals surface area contributed by atoms with Crippen molar-refractivity contribution in [2.24, 2.45) is 0 Å². The third-order valence-electron chi connectivity index (χ3n) is 3.42. The monoisotopic (exact) mass is 446 g/mol. The molecule has 0 unspecified atom stereocenters. The highest BCUT2D eigenvalue weighted by molar-refractivity contribution is 7.90. The molecule has 0 spiro atoms. The second-order valence-electron chi connectivity index (χ2n) is 5.51. The average Bonchev–Trinajstić information content (AvgIpc) is 2.59. The van der Waals surface area contributed by atoms with Crippen molar-refractivity contribution in [3.8, 4) is 11.1 Å². The number of urea groups is 1. The summed E-state index contributed by atoms with van der Waals surface area (Å²) in [4.78, 5) is 11.4. The van der Waals surface area contributed by atoms with E-state index in [-0.39, 0.29) is 6.07 Å². The molecule has 1 N–H and O–H groups in total. The summed E-state index contributed by atoms with van der Waals surface area (Å²) in [5.41, 5.74) is -2.96. The highest BCUT2D eigenvalue weighted by Crippen LogP contribution is 2.36. The summed E-state index contributed by atoms with van der Waals surface area (Å²) in [5, 5.41) is -0.802. The van der Waals surface area contributed by atoms with Crippen LogP contribution in [0.15, 0.2) is 17.0 Å². The molecule has 2 rings (SSSR count). The third kappa shape index (κ3) is 3.74. The number of carbonyl (C=O) groups excluding carboxylic acids is 1. The molecule has 0 heterocycles. The molecule has 0 aliphatic heterocycles. The molecule has 152 valence electrons. The zero-order valence-corrected chi connectivity index (χ0v) is 15.5. The quantitative estimate of drug-likeness (QED) is 0.443. The average molecular weight is 447 g/mol. The fourth-order valence-corrected chi connectivity index (χ4v) is 3.60. The number of halogens is 7. The number of benzene rings is 2. The molecular formula is C15H9ClF6N2O3S. The number of amides is 2. The Morgan fingerprint density at radius 3 is 1.86 bits per heavy atom. The van der Waals surface area contributed by atoms with Gasteiger partial charge in [0, 0.05) is 19.7 Å². The van der Waals surface area contributed by atoms with Gasteiger partial charge in [0.15, 0.2) is 23.3 Å². The Hall–Kier alpha value is -2.47. The van der Waals surface area contributed by atoms with Crippen molar-refractivity contribution in [2.45, 2.75) is 4.90 Å². The molecule has 0 saturated heterocycles. The Labute approximate surface area is 159 Å². The first kappa shape index (κ1) is 21.8. The van der Waals surface area contributed by atoms with Crippen molar-refractivity contribution in [2.75, 3.05) is 14.1 Å². The molecule has 2 aromatic carbocycles. The molecule has 0 aliphatic rings. The Bertz CT molecular complexity index is 1060. The number of rotatable bonds is 3. The minimum Gasteiger partial charge on any atom is -0.330 e. The lowest BCUT2D eigenvalue weighted by atomic mass is 10.0. The summed E-state index contributed by atoms with van der Waals surface area (Å²) in [6.07, 6.45) is 0. The topological polar surface area (TPSA) is 66.5 Å². The third-order valence-corrected chi connectivity index (χ3v) is 5.20. The van der Waals surface area contributed by atoms with Crippen molar-refractivity contribution in [3.05, 3.63) is 52.1 Å². The van der Waals surface area contributed by atoms with E-state index in [9.17, 15) is 39.6 Å². The van der Waals surface area contributed by atoms with E-state index in [0.29, 0.717) is 6.07 Å². The van der Waals surface area contributed by atoms with Crippen molar-refractivity contribution in [3.63, 3.8) is 0 Å². The number of nitrogens with zero attached hydrogens (tertiary/aromatic N) is 1. The van der Waals surface area contributed by atoms with Crippen molar-refractivity contribution >= 4 is 27.7 Å².